The third kappa shape index (κ3) is 5.26. The van der Waals surface area contributed by atoms with Gasteiger partial charge in [-0.2, -0.15) is 0 Å². The van der Waals surface area contributed by atoms with E-state index in [2.05, 4.69) is 0 Å². The Hall–Kier alpha value is -3.07. The lowest BCUT2D eigenvalue weighted by Gasteiger charge is -2.11. The van der Waals surface area contributed by atoms with Crippen molar-refractivity contribution in [3.63, 3.8) is 0 Å². The number of nitrogens with two attached hydrogens (primary N) is 1. The van der Waals surface area contributed by atoms with Gasteiger partial charge in [0.2, 0.25) is 5.78 Å². The number of hydrogen-bond donors (Lipinski definition) is 1. The zero-order valence-electron chi connectivity index (χ0n) is 16.4. The average molecular weight is 424 g/mol. The molecule has 0 saturated carbocycles. The molecule has 0 aliphatic carbocycles. The van der Waals surface area contributed by atoms with Crippen molar-refractivity contribution in [3.05, 3.63) is 55.2 Å². The lowest BCUT2D eigenvalue weighted by molar-refractivity contribution is -0.142. The highest BCUT2D eigenvalue weighted by molar-refractivity contribution is 6.31. The van der Waals surface area contributed by atoms with E-state index in [9.17, 15) is 19.2 Å². The fourth-order valence-corrected chi connectivity index (χ4v) is 2.64. The molecular weight excluding hydrogens is 402 g/mol. The molecule has 0 bridgehead atoms. The van der Waals surface area contributed by atoms with Crippen molar-refractivity contribution in [1.82, 2.24) is 9.13 Å². The van der Waals surface area contributed by atoms with Crippen molar-refractivity contribution in [1.29, 1.82) is 0 Å². The number of carbonyl (C=O) groups is 2. The van der Waals surface area contributed by atoms with Crippen LogP contribution in [0.4, 0.5) is 5.82 Å². The zero-order chi connectivity index (χ0) is 21.7. The molecule has 0 radical (unpaired) electrons. The number of anilines is 1. The van der Waals surface area contributed by atoms with Crippen LogP contribution >= 0.6 is 11.6 Å². The van der Waals surface area contributed by atoms with Crippen LogP contribution in [-0.4, -0.2) is 34.1 Å². The molecule has 0 amide bonds. The molecule has 2 aromatic rings. The molecule has 2 rings (SSSR count). The van der Waals surface area contributed by atoms with Gasteiger partial charge in [-0.3, -0.25) is 23.5 Å². The van der Waals surface area contributed by atoms with E-state index in [0.717, 1.165) is 14.7 Å². The quantitative estimate of drug-likeness (QED) is 0.384. The van der Waals surface area contributed by atoms with Crippen LogP contribution in [0.25, 0.3) is 0 Å². The Morgan fingerprint density at radius 3 is 2.52 bits per heavy atom. The number of ether oxygens (including phenoxy) is 2. The first-order chi connectivity index (χ1) is 13.6. The van der Waals surface area contributed by atoms with Crippen molar-refractivity contribution < 1.29 is 19.1 Å². The van der Waals surface area contributed by atoms with E-state index < -0.39 is 29.6 Å². The number of rotatable bonds is 8. The number of carbonyl (C=O) groups excluding carboxylic acids is 2. The fraction of sp³-hybridized carbons (Fsp3) is 0.368. The number of halogens is 1. The topological polar surface area (TPSA) is 123 Å². The number of Topliss-reactive ketones (excluding diaryl/α,β-unsaturated/α-hetero) is 1. The summed E-state index contributed by atoms with van der Waals surface area (Å²) in [6, 6.07) is 5.24. The summed E-state index contributed by atoms with van der Waals surface area (Å²) < 4.78 is 12.2. The third-order valence-electron chi connectivity index (χ3n) is 4.28. The van der Waals surface area contributed by atoms with Gasteiger partial charge in [-0.15, -0.1) is 0 Å². The van der Waals surface area contributed by atoms with Crippen LogP contribution in [0.1, 0.15) is 28.8 Å². The Balaban J connectivity index is 1.85. The maximum atomic E-state index is 12.3. The second kappa shape index (κ2) is 9.42. The van der Waals surface area contributed by atoms with Crippen LogP contribution in [0.3, 0.4) is 0 Å². The normalized spacial score (nSPS) is 10.6. The first-order valence-corrected chi connectivity index (χ1v) is 9.14. The number of ketones is 1. The molecule has 1 heterocycles. The van der Waals surface area contributed by atoms with Gasteiger partial charge in [0, 0.05) is 25.5 Å². The molecule has 0 fully saturated rings. The standard InChI is InChI=1S/C19H22ClN3O6/c1-11-9-12(6-7-13(11)20)28-8-4-5-15(25)29-10-14(24)16-17(21)22(2)19(27)23(3)18(16)26/h6-7,9H,4-5,8,10,21H2,1-3H3. The highest BCUT2D eigenvalue weighted by Crippen LogP contribution is 2.21. The van der Waals surface area contributed by atoms with E-state index in [1.807, 2.05) is 6.92 Å². The predicted octanol–water partition coefficient (Wildman–Crippen LogP) is 1.21. The second-order valence-electron chi connectivity index (χ2n) is 6.41. The first-order valence-electron chi connectivity index (χ1n) is 8.76. The van der Waals surface area contributed by atoms with Gasteiger partial charge in [-0.1, -0.05) is 11.6 Å². The molecule has 156 valence electrons. The number of benzene rings is 1. The molecule has 0 saturated heterocycles. The number of aromatic nitrogens is 2. The molecule has 10 heteroatoms. The Bertz CT molecular complexity index is 1060. The van der Waals surface area contributed by atoms with Crippen LogP contribution in [0.2, 0.25) is 5.02 Å². The van der Waals surface area contributed by atoms with Gasteiger partial charge in [0.05, 0.1) is 6.61 Å². The van der Waals surface area contributed by atoms with Crippen molar-refractivity contribution in [2.24, 2.45) is 14.1 Å². The van der Waals surface area contributed by atoms with Crippen molar-refractivity contribution >= 4 is 29.2 Å². The molecule has 1 aromatic carbocycles. The maximum Gasteiger partial charge on any atom is 0.332 e. The summed E-state index contributed by atoms with van der Waals surface area (Å²) in [6.45, 7) is 1.49. The highest BCUT2D eigenvalue weighted by Gasteiger charge is 2.21. The summed E-state index contributed by atoms with van der Waals surface area (Å²) >= 11 is 5.94. The zero-order valence-corrected chi connectivity index (χ0v) is 17.1. The summed E-state index contributed by atoms with van der Waals surface area (Å²) in [5.41, 5.74) is 4.70. The molecule has 2 N–H and O–H groups in total. The van der Waals surface area contributed by atoms with Crippen LogP contribution in [-0.2, 0) is 23.6 Å². The second-order valence-corrected chi connectivity index (χ2v) is 6.82. The molecule has 0 unspecified atom stereocenters. The number of nitrogens with zero attached hydrogens (tertiary/aromatic N) is 2. The minimum atomic E-state index is -0.835. The van der Waals surface area contributed by atoms with E-state index >= 15 is 0 Å². The minimum absolute atomic E-state index is 0.0284. The number of esters is 1. The van der Waals surface area contributed by atoms with Crippen LogP contribution in [0.15, 0.2) is 27.8 Å². The lowest BCUT2D eigenvalue weighted by Crippen LogP contribution is -2.42. The number of aryl methyl sites for hydroxylation is 1. The molecule has 0 aliphatic rings. The monoisotopic (exact) mass is 423 g/mol. The Kier molecular flexibility index (Phi) is 7.22. The summed E-state index contributed by atoms with van der Waals surface area (Å²) in [4.78, 5) is 48.0. The van der Waals surface area contributed by atoms with Crippen molar-refractivity contribution in [2.45, 2.75) is 19.8 Å². The van der Waals surface area contributed by atoms with E-state index in [1.54, 1.807) is 18.2 Å². The van der Waals surface area contributed by atoms with E-state index in [-0.39, 0.29) is 24.4 Å². The Morgan fingerprint density at radius 1 is 1.17 bits per heavy atom. The molecule has 29 heavy (non-hydrogen) atoms. The first kappa shape index (κ1) is 22.2. The highest BCUT2D eigenvalue weighted by atomic mass is 35.5. The van der Waals surface area contributed by atoms with E-state index in [0.29, 0.717) is 17.2 Å². The number of nitrogen functional groups attached to an aromatic ring is 1. The molecule has 0 spiro atoms. The third-order valence-corrected chi connectivity index (χ3v) is 4.70. The van der Waals surface area contributed by atoms with Crippen LogP contribution in [0, 0.1) is 6.92 Å². The molecular formula is C19H22ClN3O6. The molecule has 0 atom stereocenters. The SMILES string of the molecule is Cc1cc(OCCCC(=O)OCC(=O)c2c(N)n(C)c(=O)n(C)c2=O)ccc1Cl. The van der Waals surface area contributed by atoms with Crippen LogP contribution < -0.4 is 21.7 Å². The minimum Gasteiger partial charge on any atom is -0.494 e. The summed E-state index contributed by atoms with van der Waals surface area (Å²) in [5, 5.41) is 0.638. The van der Waals surface area contributed by atoms with Gasteiger partial charge < -0.3 is 15.2 Å². The average Bonchev–Trinajstić information content (AvgIpc) is 2.69. The summed E-state index contributed by atoms with van der Waals surface area (Å²) in [6.07, 6.45) is 0.402. The van der Waals surface area contributed by atoms with Gasteiger partial charge in [-0.25, -0.2) is 4.79 Å². The van der Waals surface area contributed by atoms with E-state index in [4.69, 9.17) is 26.8 Å². The van der Waals surface area contributed by atoms with Crippen molar-refractivity contribution in [2.75, 3.05) is 18.9 Å². The largest absolute Gasteiger partial charge is 0.494 e. The van der Waals surface area contributed by atoms with Crippen LogP contribution in [0.5, 0.6) is 5.75 Å². The predicted molar refractivity (Wildman–Crippen MR) is 108 cm³/mol. The molecule has 0 aliphatic heterocycles. The van der Waals surface area contributed by atoms with Gasteiger partial charge in [0.15, 0.2) is 6.61 Å². The van der Waals surface area contributed by atoms with Gasteiger partial charge in [-0.05, 0) is 37.1 Å². The fourth-order valence-electron chi connectivity index (χ4n) is 2.53. The lowest BCUT2D eigenvalue weighted by atomic mass is 10.2. The molecule has 9 nitrogen and oxygen atoms in total. The van der Waals surface area contributed by atoms with Gasteiger partial charge in [0.25, 0.3) is 5.56 Å². The summed E-state index contributed by atoms with van der Waals surface area (Å²) in [5.74, 6) is -1.03. The number of hydrogen-bond acceptors (Lipinski definition) is 7. The summed E-state index contributed by atoms with van der Waals surface area (Å²) in [7, 11) is 2.57. The molecule has 1 aromatic heterocycles. The van der Waals surface area contributed by atoms with Gasteiger partial charge in [0.1, 0.15) is 17.1 Å². The van der Waals surface area contributed by atoms with E-state index in [1.165, 1.54) is 14.1 Å². The smallest absolute Gasteiger partial charge is 0.332 e. The Morgan fingerprint density at radius 2 is 1.86 bits per heavy atom. The Labute approximate surface area is 171 Å². The van der Waals surface area contributed by atoms with Gasteiger partial charge >= 0.3 is 11.7 Å². The maximum absolute atomic E-state index is 12.3. The van der Waals surface area contributed by atoms with Crippen molar-refractivity contribution in [3.8, 4) is 5.75 Å².